The zero-order chi connectivity index (χ0) is 27.4. The Morgan fingerprint density at radius 2 is 1.24 bits per heavy atom. The normalized spacial score (nSPS) is 12.3. The topological polar surface area (TPSA) is 130 Å². The second kappa shape index (κ2) is 14.7. The van der Waals surface area contributed by atoms with Crippen molar-refractivity contribution < 1.29 is 19.2 Å². The molecular formula is C28H39N5O4. The minimum Gasteiger partial charge on any atom is -0.368 e. The summed E-state index contributed by atoms with van der Waals surface area (Å²) in [6.45, 7) is 5.18. The van der Waals surface area contributed by atoms with Crippen LogP contribution in [0.2, 0.25) is 0 Å². The van der Waals surface area contributed by atoms with E-state index in [-0.39, 0.29) is 37.5 Å². The van der Waals surface area contributed by atoms with Crippen molar-refractivity contribution in [3.63, 3.8) is 0 Å². The molecule has 0 unspecified atom stereocenters. The molecule has 0 aliphatic carbocycles. The summed E-state index contributed by atoms with van der Waals surface area (Å²) < 4.78 is 0. The monoisotopic (exact) mass is 509 g/mol. The molecule has 2 aromatic rings. The zero-order valence-corrected chi connectivity index (χ0v) is 22.0. The van der Waals surface area contributed by atoms with Crippen LogP contribution in [0.25, 0.3) is 0 Å². The lowest BCUT2D eigenvalue weighted by atomic mass is 10.1. The maximum atomic E-state index is 13.4. The number of carbonyl (C=O) groups excluding carboxylic acids is 4. The molecule has 0 aliphatic heterocycles. The Balaban J connectivity index is 2.25. The van der Waals surface area contributed by atoms with Gasteiger partial charge in [0.05, 0.1) is 25.2 Å². The second-order valence-electron chi connectivity index (χ2n) is 9.12. The molecule has 0 fully saturated rings. The van der Waals surface area contributed by atoms with Crippen LogP contribution in [0.1, 0.15) is 56.8 Å². The van der Waals surface area contributed by atoms with Crippen molar-refractivity contribution in [2.75, 3.05) is 32.7 Å². The number of nitrogens with zero attached hydrogens (tertiary/aromatic N) is 3. The van der Waals surface area contributed by atoms with Crippen LogP contribution in [-0.4, -0.2) is 71.1 Å². The SMILES string of the molecule is CC(=O)N(CC(=O)N(CCCCN)CC(=O)N(CC(N)=O)[C@@H](C)c1ccccc1)[C@@H](C)c1ccccc1. The average molecular weight is 510 g/mol. The standard InChI is InChI=1S/C28H39N5O4/c1-21(24-12-6-4-7-13-24)32(23(3)34)20-27(36)31(17-11-10-16-29)19-28(37)33(18-26(30)35)22(2)25-14-8-5-9-15-25/h4-9,12-15,21-22H,10-11,16-20,29H2,1-3H3,(H2,30,35)/t21-,22-/m0/s1. The Bertz CT molecular complexity index is 1030. The zero-order valence-electron chi connectivity index (χ0n) is 22.0. The fraction of sp³-hybridized carbons (Fsp3) is 0.429. The molecule has 9 heteroatoms. The van der Waals surface area contributed by atoms with Crippen LogP contribution in [0.15, 0.2) is 60.7 Å². The summed E-state index contributed by atoms with van der Waals surface area (Å²) in [5.74, 6) is -1.64. The molecule has 2 aromatic carbocycles. The van der Waals surface area contributed by atoms with Crippen molar-refractivity contribution in [1.82, 2.24) is 14.7 Å². The summed E-state index contributed by atoms with van der Waals surface area (Å²) in [4.78, 5) is 55.5. The van der Waals surface area contributed by atoms with Crippen molar-refractivity contribution >= 4 is 23.6 Å². The molecular weight excluding hydrogens is 470 g/mol. The lowest BCUT2D eigenvalue weighted by Gasteiger charge is -2.33. The summed E-state index contributed by atoms with van der Waals surface area (Å²) in [7, 11) is 0. The van der Waals surface area contributed by atoms with E-state index < -0.39 is 17.9 Å². The van der Waals surface area contributed by atoms with E-state index in [2.05, 4.69) is 0 Å². The van der Waals surface area contributed by atoms with Crippen LogP contribution in [0.5, 0.6) is 0 Å². The summed E-state index contributed by atoms with van der Waals surface area (Å²) in [5, 5.41) is 0. The summed E-state index contributed by atoms with van der Waals surface area (Å²) in [6, 6.07) is 18.0. The van der Waals surface area contributed by atoms with Crippen molar-refractivity contribution in [1.29, 1.82) is 0 Å². The average Bonchev–Trinajstić information content (AvgIpc) is 2.89. The van der Waals surface area contributed by atoms with Gasteiger partial charge in [0.15, 0.2) is 0 Å². The molecule has 2 rings (SSSR count). The van der Waals surface area contributed by atoms with Crippen molar-refractivity contribution in [3.05, 3.63) is 71.8 Å². The highest BCUT2D eigenvalue weighted by Gasteiger charge is 2.29. The first-order chi connectivity index (χ1) is 17.6. The van der Waals surface area contributed by atoms with E-state index in [1.807, 2.05) is 74.5 Å². The molecule has 0 saturated carbocycles. The second-order valence-corrected chi connectivity index (χ2v) is 9.12. The van der Waals surface area contributed by atoms with E-state index >= 15 is 0 Å². The Hall–Kier alpha value is -3.72. The molecule has 0 bridgehead atoms. The van der Waals surface area contributed by atoms with Crippen LogP contribution in [-0.2, 0) is 19.2 Å². The molecule has 2 atom stereocenters. The minimum absolute atomic E-state index is 0.175. The van der Waals surface area contributed by atoms with Crippen molar-refractivity contribution in [2.24, 2.45) is 11.5 Å². The molecule has 4 amide bonds. The molecule has 0 heterocycles. The lowest BCUT2D eigenvalue weighted by Crippen LogP contribution is -2.49. The van der Waals surface area contributed by atoms with E-state index in [9.17, 15) is 19.2 Å². The van der Waals surface area contributed by atoms with Gasteiger partial charge >= 0.3 is 0 Å². The van der Waals surface area contributed by atoms with Crippen molar-refractivity contribution in [2.45, 2.75) is 45.7 Å². The smallest absolute Gasteiger partial charge is 0.243 e. The van der Waals surface area contributed by atoms with Crippen molar-refractivity contribution in [3.8, 4) is 0 Å². The van der Waals surface area contributed by atoms with Gasteiger partial charge in [-0.1, -0.05) is 60.7 Å². The Kier molecular flexibility index (Phi) is 11.8. The number of benzene rings is 2. The van der Waals surface area contributed by atoms with Crippen LogP contribution >= 0.6 is 0 Å². The molecule has 9 nitrogen and oxygen atoms in total. The Morgan fingerprint density at radius 3 is 1.70 bits per heavy atom. The quantitative estimate of drug-likeness (QED) is 0.377. The number of carbonyl (C=O) groups is 4. The fourth-order valence-corrected chi connectivity index (χ4v) is 4.19. The third-order valence-corrected chi connectivity index (χ3v) is 6.42. The number of unbranched alkanes of at least 4 members (excludes halogenated alkanes) is 1. The lowest BCUT2D eigenvalue weighted by molar-refractivity contribution is -0.146. The first-order valence-electron chi connectivity index (χ1n) is 12.6. The van der Waals surface area contributed by atoms with Gasteiger partial charge < -0.3 is 26.2 Å². The number of rotatable bonds is 14. The van der Waals surface area contributed by atoms with Crippen LogP contribution < -0.4 is 11.5 Å². The van der Waals surface area contributed by atoms with E-state index in [0.29, 0.717) is 25.9 Å². The molecule has 0 saturated heterocycles. The molecule has 0 aromatic heterocycles. The van der Waals surface area contributed by atoms with E-state index in [1.54, 1.807) is 0 Å². The molecule has 0 aliphatic rings. The minimum atomic E-state index is -0.642. The first kappa shape index (κ1) is 29.5. The Labute approximate surface area is 219 Å². The molecule has 200 valence electrons. The third-order valence-electron chi connectivity index (χ3n) is 6.42. The maximum Gasteiger partial charge on any atom is 0.243 e. The number of hydrogen-bond acceptors (Lipinski definition) is 5. The van der Waals surface area contributed by atoms with Gasteiger partial charge in [-0.25, -0.2) is 0 Å². The van der Waals surface area contributed by atoms with Gasteiger partial charge in [0.1, 0.15) is 6.54 Å². The third kappa shape index (κ3) is 9.02. The predicted octanol–water partition coefficient (Wildman–Crippen LogP) is 2.24. The van der Waals surface area contributed by atoms with Crippen LogP contribution in [0.3, 0.4) is 0 Å². The van der Waals surface area contributed by atoms with Gasteiger partial charge in [0, 0.05) is 13.5 Å². The van der Waals surface area contributed by atoms with Crippen LogP contribution in [0, 0.1) is 0 Å². The first-order valence-corrected chi connectivity index (χ1v) is 12.6. The highest BCUT2D eigenvalue weighted by atomic mass is 16.2. The van der Waals surface area contributed by atoms with E-state index in [0.717, 1.165) is 11.1 Å². The van der Waals surface area contributed by atoms with Gasteiger partial charge in [0.2, 0.25) is 23.6 Å². The van der Waals surface area contributed by atoms with E-state index in [1.165, 1.54) is 21.6 Å². The molecule has 0 radical (unpaired) electrons. The van der Waals surface area contributed by atoms with Gasteiger partial charge in [-0.15, -0.1) is 0 Å². The molecule has 4 N–H and O–H groups in total. The van der Waals surface area contributed by atoms with Crippen LogP contribution in [0.4, 0.5) is 0 Å². The highest BCUT2D eigenvalue weighted by molar-refractivity contribution is 5.90. The molecule has 37 heavy (non-hydrogen) atoms. The largest absolute Gasteiger partial charge is 0.368 e. The summed E-state index contributed by atoms with van der Waals surface area (Å²) in [5.41, 5.74) is 12.8. The maximum absolute atomic E-state index is 13.4. The van der Waals surface area contributed by atoms with Gasteiger partial charge in [-0.3, -0.25) is 19.2 Å². The van der Waals surface area contributed by atoms with E-state index in [4.69, 9.17) is 11.5 Å². The summed E-state index contributed by atoms with van der Waals surface area (Å²) in [6.07, 6.45) is 1.29. The Morgan fingerprint density at radius 1 is 0.730 bits per heavy atom. The highest BCUT2D eigenvalue weighted by Crippen LogP contribution is 2.22. The number of primary amides is 1. The van der Waals surface area contributed by atoms with Gasteiger partial charge in [-0.2, -0.15) is 0 Å². The molecule has 0 spiro atoms. The predicted molar refractivity (Wildman–Crippen MR) is 143 cm³/mol. The fourth-order valence-electron chi connectivity index (χ4n) is 4.19. The number of hydrogen-bond donors (Lipinski definition) is 2. The van der Waals surface area contributed by atoms with Gasteiger partial charge in [0.25, 0.3) is 0 Å². The summed E-state index contributed by atoms with van der Waals surface area (Å²) >= 11 is 0. The number of amides is 4. The number of nitrogens with two attached hydrogens (primary N) is 2. The van der Waals surface area contributed by atoms with Gasteiger partial charge in [-0.05, 0) is 44.4 Å².